The third-order valence-electron chi connectivity index (χ3n) is 2.74. The van der Waals surface area contributed by atoms with Crippen molar-refractivity contribution in [1.82, 2.24) is 0 Å². The van der Waals surface area contributed by atoms with Gasteiger partial charge in [-0.25, -0.2) is 4.39 Å². The number of ether oxygens (including phenoxy) is 1. The summed E-state index contributed by atoms with van der Waals surface area (Å²) in [5.41, 5.74) is 6.13. The van der Waals surface area contributed by atoms with Gasteiger partial charge in [0.15, 0.2) is 11.6 Å². The molecule has 0 aromatic heterocycles. The van der Waals surface area contributed by atoms with Gasteiger partial charge in [0.25, 0.3) is 5.69 Å². The first-order valence-electron chi connectivity index (χ1n) is 5.95. The zero-order valence-corrected chi connectivity index (χ0v) is 10.7. The third kappa shape index (κ3) is 2.92. The molecule has 0 heterocycles. The molecule has 2 aromatic rings. The van der Waals surface area contributed by atoms with E-state index in [4.69, 9.17) is 10.5 Å². The quantitative estimate of drug-likeness (QED) is 0.684. The summed E-state index contributed by atoms with van der Waals surface area (Å²) in [7, 11) is 0. The Morgan fingerprint density at radius 2 is 2.00 bits per heavy atom. The van der Waals surface area contributed by atoms with E-state index in [1.54, 1.807) is 13.0 Å². The fourth-order valence-electron chi connectivity index (χ4n) is 1.77. The second kappa shape index (κ2) is 5.66. The van der Waals surface area contributed by atoms with Gasteiger partial charge in [0.2, 0.25) is 0 Å². The number of nitro groups is 1. The van der Waals surface area contributed by atoms with Crippen LogP contribution in [0.2, 0.25) is 0 Å². The van der Waals surface area contributed by atoms with Crippen molar-refractivity contribution in [1.29, 1.82) is 0 Å². The smallest absolute Gasteiger partial charge is 0.273 e. The fourth-order valence-corrected chi connectivity index (χ4v) is 1.77. The lowest BCUT2D eigenvalue weighted by molar-refractivity contribution is -0.384. The minimum Gasteiger partial charge on any atom is -0.454 e. The average Bonchev–Trinajstić information content (AvgIpc) is 2.41. The van der Waals surface area contributed by atoms with Gasteiger partial charge in [-0.15, -0.1) is 0 Å². The van der Waals surface area contributed by atoms with Crippen molar-refractivity contribution in [2.24, 2.45) is 5.73 Å². The molecule has 0 spiro atoms. The van der Waals surface area contributed by atoms with E-state index in [1.807, 2.05) is 0 Å². The number of hydrogen-bond acceptors (Lipinski definition) is 4. The van der Waals surface area contributed by atoms with Gasteiger partial charge in [-0.3, -0.25) is 10.1 Å². The Kier molecular flexibility index (Phi) is 3.95. The summed E-state index contributed by atoms with van der Waals surface area (Å²) >= 11 is 0. The van der Waals surface area contributed by atoms with E-state index in [0.717, 1.165) is 0 Å². The van der Waals surface area contributed by atoms with Gasteiger partial charge in [0.05, 0.1) is 11.0 Å². The first-order chi connectivity index (χ1) is 9.49. The highest BCUT2D eigenvalue weighted by Crippen LogP contribution is 2.32. The van der Waals surface area contributed by atoms with Crippen LogP contribution in [0.3, 0.4) is 0 Å². The monoisotopic (exact) mass is 276 g/mol. The summed E-state index contributed by atoms with van der Waals surface area (Å²) in [5, 5.41) is 10.7. The van der Waals surface area contributed by atoms with E-state index in [2.05, 4.69) is 0 Å². The Balaban J connectivity index is 2.39. The van der Waals surface area contributed by atoms with Crippen LogP contribution < -0.4 is 10.5 Å². The Hall–Kier alpha value is -2.47. The van der Waals surface area contributed by atoms with Gasteiger partial charge in [0.1, 0.15) is 5.75 Å². The second-order valence-corrected chi connectivity index (χ2v) is 4.30. The maximum atomic E-state index is 13.8. The summed E-state index contributed by atoms with van der Waals surface area (Å²) in [4.78, 5) is 10.2. The molecule has 0 aliphatic heterocycles. The van der Waals surface area contributed by atoms with Crippen molar-refractivity contribution in [2.75, 3.05) is 0 Å². The SMILES string of the molecule is CC(N)c1cccc(F)c1Oc1cccc([N+](=O)[O-])c1. The number of halogens is 1. The van der Waals surface area contributed by atoms with Crippen LogP contribution in [-0.4, -0.2) is 4.92 Å². The first kappa shape index (κ1) is 14.0. The van der Waals surface area contributed by atoms with Crippen LogP contribution in [0, 0.1) is 15.9 Å². The van der Waals surface area contributed by atoms with E-state index < -0.39 is 16.8 Å². The van der Waals surface area contributed by atoms with Crippen LogP contribution in [0.5, 0.6) is 11.5 Å². The summed E-state index contributed by atoms with van der Waals surface area (Å²) in [5.74, 6) is -0.388. The lowest BCUT2D eigenvalue weighted by atomic mass is 10.1. The zero-order valence-electron chi connectivity index (χ0n) is 10.7. The maximum Gasteiger partial charge on any atom is 0.273 e. The average molecular weight is 276 g/mol. The van der Waals surface area contributed by atoms with Crippen LogP contribution in [0.1, 0.15) is 18.5 Å². The van der Waals surface area contributed by atoms with Crippen LogP contribution in [0.15, 0.2) is 42.5 Å². The molecule has 0 amide bonds. The first-order valence-corrected chi connectivity index (χ1v) is 5.95. The Morgan fingerprint density at radius 3 is 2.65 bits per heavy atom. The topological polar surface area (TPSA) is 78.4 Å². The van der Waals surface area contributed by atoms with Crippen molar-refractivity contribution in [3.8, 4) is 11.5 Å². The molecule has 0 fully saturated rings. The Labute approximate surface area is 114 Å². The molecule has 2 rings (SSSR count). The molecular formula is C14H13FN2O3. The maximum absolute atomic E-state index is 13.8. The molecule has 0 bridgehead atoms. The lowest BCUT2D eigenvalue weighted by Gasteiger charge is -2.14. The van der Waals surface area contributed by atoms with Crippen LogP contribution in [-0.2, 0) is 0 Å². The molecule has 1 atom stereocenters. The standard InChI is InChI=1S/C14H13FN2O3/c1-9(16)12-6-3-7-13(15)14(12)20-11-5-2-4-10(8-11)17(18)19/h2-9H,16H2,1H3. The molecule has 6 heteroatoms. The molecule has 2 N–H and O–H groups in total. The van der Waals surface area contributed by atoms with Gasteiger partial charge in [-0.1, -0.05) is 18.2 Å². The number of benzene rings is 2. The predicted octanol–water partition coefficient (Wildman–Crippen LogP) is 3.55. The largest absolute Gasteiger partial charge is 0.454 e. The molecule has 0 saturated carbocycles. The van der Waals surface area contributed by atoms with Gasteiger partial charge in [-0.05, 0) is 19.1 Å². The van der Waals surface area contributed by atoms with Crippen molar-refractivity contribution in [2.45, 2.75) is 13.0 Å². The molecule has 104 valence electrons. The van der Waals surface area contributed by atoms with E-state index in [-0.39, 0.29) is 17.2 Å². The molecule has 0 saturated heterocycles. The third-order valence-corrected chi connectivity index (χ3v) is 2.74. The molecule has 5 nitrogen and oxygen atoms in total. The number of nitro benzene ring substituents is 1. The summed E-state index contributed by atoms with van der Waals surface area (Å²) in [6.07, 6.45) is 0. The van der Waals surface area contributed by atoms with Crippen molar-refractivity contribution >= 4 is 5.69 Å². The number of nitrogens with two attached hydrogens (primary N) is 1. The van der Waals surface area contributed by atoms with Gasteiger partial charge in [0, 0.05) is 17.7 Å². The number of rotatable bonds is 4. The Bertz CT molecular complexity index is 644. The normalized spacial score (nSPS) is 11.9. The molecular weight excluding hydrogens is 263 g/mol. The van der Waals surface area contributed by atoms with E-state index in [1.165, 1.54) is 36.4 Å². The fraction of sp³-hybridized carbons (Fsp3) is 0.143. The molecule has 0 radical (unpaired) electrons. The van der Waals surface area contributed by atoms with Crippen molar-refractivity contribution in [3.05, 3.63) is 64.0 Å². The molecule has 0 aliphatic rings. The molecule has 1 unspecified atom stereocenters. The second-order valence-electron chi connectivity index (χ2n) is 4.30. The minimum absolute atomic E-state index is 0.0111. The van der Waals surface area contributed by atoms with E-state index in [0.29, 0.717) is 5.56 Å². The number of nitrogens with zero attached hydrogens (tertiary/aromatic N) is 1. The molecule has 2 aromatic carbocycles. The molecule has 0 aliphatic carbocycles. The van der Waals surface area contributed by atoms with Gasteiger partial charge in [-0.2, -0.15) is 0 Å². The number of hydrogen-bond donors (Lipinski definition) is 1. The summed E-state index contributed by atoms with van der Waals surface area (Å²) in [6, 6.07) is 9.58. The van der Waals surface area contributed by atoms with Gasteiger partial charge < -0.3 is 10.5 Å². The van der Waals surface area contributed by atoms with E-state index in [9.17, 15) is 14.5 Å². The van der Waals surface area contributed by atoms with Crippen LogP contribution in [0.25, 0.3) is 0 Å². The number of para-hydroxylation sites is 1. The highest BCUT2D eigenvalue weighted by molar-refractivity contribution is 5.44. The lowest BCUT2D eigenvalue weighted by Crippen LogP contribution is -2.07. The minimum atomic E-state index is -0.564. The van der Waals surface area contributed by atoms with Crippen LogP contribution >= 0.6 is 0 Å². The molecule has 20 heavy (non-hydrogen) atoms. The summed E-state index contributed by atoms with van der Waals surface area (Å²) < 4.78 is 19.3. The van der Waals surface area contributed by atoms with Gasteiger partial charge >= 0.3 is 0 Å². The summed E-state index contributed by atoms with van der Waals surface area (Å²) in [6.45, 7) is 1.70. The van der Waals surface area contributed by atoms with E-state index >= 15 is 0 Å². The number of non-ortho nitro benzene ring substituents is 1. The predicted molar refractivity (Wildman–Crippen MR) is 72.2 cm³/mol. The highest BCUT2D eigenvalue weighted by Gasteiger charge is 2.15. The van der Waals surface area contributed by atoms with Crippen LogP contribution in [0.4, 0.5) is 10.1 Å². The Morgan fingerprint density at radius 1 is 1.30 bits per heavy atom. The van der Waals surface area contributed by atoms with Crippen molar-refractivity contribution < 1.29 is 14.1 Å². The zero-order chi connectivity index (χ0) is 14.7. The van der Waals surface area contributed by atoms with Crippen molar-refractivity contribution in [3.63, 3.8) is 0 Å². The highest BCUT2D eigenvalue weighted by atomic mass is 19.1.